The molecule has 1 saturated heterocycles. The van der Waals surface area contributed by atoms with E-state index < -0.39 is 0 Å². The molecular formula is C14H18N2O. The summed E-state index contributed by atoms with van der Waals surface area (Å²) in [6.07, 6.45) is 2.09. The summed E-state index contributed by atoms with van der Waals surface area (Å²) in [5, 5.41) is 6.41. The summed E-state index contributed by atoms with van der Waals surface area (Å²) in [5.41, 5.74) is 2.55. The van der Waals surface area contributed by atoms with Crippen molar-refractivity contribution in [1.82, 2.24) is 10.6 Å². The van der Waals surface area contributed by atoms with Crippen molar-refractivity contribution in [2.75, 3.05) is 19.6 Å². The van der Waals surface area contributed by atoms with E-state index in [1.165, 1.54) is 17.5 Å². The number of carbonyl (C=O) groups is 1. The monoisotopic (exact) mass is 230 g/mol. The smallest absolute Gasteiger partial charge is 0.227 e. The summed E-state index contributed by atoms with van der Waals surface area (Å²) in [4.78, 5) is 12.0. The first-order valence-corrected chi connectivity index (χ1v) is 6.41. The average Bonchev–Trinajstić information content (AvgIpc) is 2.81. The molecule has 0 bridgehead atoms. The maximum Gasteiger partial charge on any atom is 0.227 e. The van der Waals surface area contributed by atoms with Crippen molar-refractivity contribution >= 4 is 5.91 Å². The molecule has 1 fully saturated rings. The molecule has 2 atom stereocenters. The van der Waals surface area contributed by atoms with Gasteiger partial charge in [0.25, 0.3) is 0 Å². The highest BCUT2D eigenvalue weighted by molar-refractivity contribution is 5.86. The molecule has 1 aliphatic carbocycles. The van der Waals surface area contributed by atoms with E-state index in [-0.39, 0.29) is 11.8 Å². The van der Waals surface area contributed by atoms with Crippen LogP contribution in [0.25, 0.3) is 0 Å². The molecule has 2 aliphatic rings. The van der Waals surface area contributed by atoms with Crippen LogP contribution in [0.3, 0.4) is 0 Å². The molecule has 0 spiro atoms. The van der Waals surface area contributed by atoms with Crippen LogP contribution in [0.1, 0.15) is 23.5 Å². The molecule has 3 heteroatoms. The molecule has 90 valence electrons. The fourth-order valence-corrected chi connectivity index (χ4v) is 2.75. The molecule has 2 unspecified atom stereocenters. The maximum absolute atomic E-state index is 12.0. The Balaban J connectivity index is 1.54. The summed E-state index contributed by atoms with van der Waals surface area (Å²) in [5.74, 6) is 0.922. The molecule has 1 aromatic rings. The second-order valence-electron chi connectivity index (χ2n) is 5.06. The van der Waals surface area contributed by atoms with E-state index in [9.17, 15) is 4.79 Å². The van der Waals surface area contributed by atoms with Crippen molar-refractivity contribution in [3.05, 3.63) is 35.4 Å². The number of hydrogen-bond donors (Lipinski definition) is 2. The summed E-state index contributed by atoms with van der Waals surface area (Å²) in [7, 11) is 0. The van der Waals surface area contributed by atoms with Gasteiger partial charge in [0, 0.05) is 6.54 Å². The van der Waals surface area contributed by atoms with Crippen molar-refractivity contribution in [2.24, 2.45) is 5.92 Å². The molecule has 1 aliphatic heterocycles. The highest BCUT2D eigenvalue weighted by Crippen LogP contribution is 2.34. The van der Waals surface area contributed by atoms with Gasteiger partial charge in [0.2, 0.25) is 5.91 Å². The number of rotatable bonds is 3. The molecule has 1 aromatic carbocycles. The minimum absolute atomic E-state index is 0.0977. The molecular weight excluding hydrogens is 212 g/mol. The number of amides is 1. The average molecular weight is 230 g/mol. The zero-order chi connectivity index (χ0) is 11.7. The minimum Gasteiger partial charge on any atom is -0.355 e. The Bertz CT molecular complexity index is 424. The third kappa shape index (κ3) is 2.07. The van der Waals surface area contributed by atoms with Crippen LogP contribution in [0.5, 0.6) is 0 Å². The topological polar surface area (TPSA) is 41.1 Å². The van der Waals surface area contributed by atoms with Gasteiger partial charge in [0.15, 0.2) is 0 Å². The lowest BCUT2D eigenvalue weighted by Gasteiger charge is -2.29. The van der Waals surface area contributed by atoms with Gasteiger partial charge in [0.1, 0.15) is 0 Å². The SMILES string of the molecule is O=C(NCC1CCNC1)C1Cc2ccccc21. The Hall–Kier alpha value is -1.35. The predicted octanol–water partition coefficient (Wildman–Crippen LogP) is 1.05. The lowest BCUT2D eigenvalue weighted by Crippen LogP contribution is -2.38. The second kappa shape index (κ2) is 4.49. The highest BCUT2D eigenvalue weighted by Gasteiger charge is 2.31. The number of carbonyl (C=O) groups excluding carboxylic acids is 1. The maximum atomic E-state index is 12.0. The summed E-state index contributed by atoms with van der Waals surface area (Å²) >= 11 is 0. The molecule has 3 rings (SSSR count). The van der Waals surface area contributed by atoms with Gasteiger partial charge in [-0.1, -0.05) is 24.3 Å². The van der Waals surface area contributed by atoms with Gasteiger partial charge in [-0.25, -0.2) is 0 Å². The molecule has 0 saturated carbocycles. The number of hydrogen-bond acceptors (Lipinski definition) is 2. The van der Waals surface area contributed by atoms with E-state index in [0.29, 0.717) is 5.92 Å². The van der Waals surface area contributed by atoms with Crippen LogP contribution >= 0.6 is 0 Å². The van der Waals surface area contributed by atoms with Gasteiger partial charge in [-0.15, -0.1) is 0 Å². The molecule has 2 N–H and O–H groups in total. The first kappa shape index (κ1) is 10.8. The highest BCUT2D eigenvalue weighted by atomic mass is 16.1. The predicted molar refractivity (Wildman–Crippen MR) is 66.9 cm³/mol. The lowest BCUT2D eigenvalue weighted by atomic mass is 9.77. The van der Waals surface area contributed by atoms with E-state index in [4.69, 9.17) is 0 Å². The van der Waals surface area contributed by atoms with E-state index in [1.807, 2.05) is 12.1 Å². The molecule has 1 amide bonds. The number of fused-ring (bicyclic) bond motifs is 1. The van der Waals surface area contributed by atoms with Gasteiger partial charge in [-0.2, -0.15) is 0 Å². The van der Waals surface area contributed by atoms with E-state index in [1.54, 1.807) is 0 Å². The Morgan fingerprint density at radius 2 is 2.29 bits per heavy atom. The second-order valence-corrected chi connectivity index (χ2v) is 5.06. The van der Waals surface area contributed by atoms with Gasteiger partial charge in [-0.05, 0) is 43.0 Å². The van der Waals surface area contributed by atoms with Gasteiger partial charge >= 0.3 is 0 Å². The summed E-state index contributed by atoms with van der Waals surface area (Å²) < 4.78 is 0. The van der Waals surface area contributed by atoms with Crippen LogP contribution in [0, 0.1) is 5.92 Å². The summed E-state index contributed by atoms with van der Waals surface area (Å²) in [6, 6.07) is 8.23. The normalized spacial score (nSPS) is 26.1. The minimum atomic E-state index is 0.0977. The van der Waals surface area contributed by atoms with Gasteiger partial charge in [0.05, 0.1) is 5.92 Å². The van der Waals surface area contributed by atoms with Crippen molar-refractivity contribution in [1.29, 1.82) is 0 Å². The third-order valence-corrected chi connectivity index (χ3v) is 3.90. The van der Waals surface area contributed by atoms with Gasteiger partial charge in [-0.3, -0.25) is 4.79 Å². The Morgan fingerprint density at radius 3 is 3.06 bits per heavy atom. The van der Waals surface area contributed by atoms with Crippen LogP contribution in [0.4, 0.5) is 0 Å². The van der Waals surface area contributed by atoms with Crippen LogP contribution in [0.15, 0.2) is 24.3 Å². The quantitative estimate of drug-likeness (QED) is 0.815. The van der Waals surface area contributed by atoms with E-state index in [2.05, 4.69) is 22.8 Å². The number of benzene rings is 1. The Kier molecular flexibility index (Phi) is 2.85. The molecule has 17 heavy (non-hydrogen) atoms. The van der Waals surface area contributed by atoms with Crippen molar-refractivity contribution < 1.29 is 4.79 Å². The number of nitrogens with one attached hydrogen (secondary N) is 2. The van der Waals surface area contributed by atoms with Crippen molar-refractivity contribution in [3.8, 4) is 0 Å². The largest absolute Gasteiger partial charge is 0.355 e. The first-order chi connectivity index (χ1) is 8.34. The lowest BCUT2D eigenvalue weighted by molar-refractivity contribution is -0.123. The molecule has 0 aromatic heterocycles. The zero-order valence-electron chi connectivity index (χ0n) is 9.91. The fourth-order valence-electron chi connectivity index (χ4n) is 2.75. The standard InChI is InChI=1S/C14H18N2O/c17-14(16-9-10-5-6-15-8-10)13-7-11-3-1-2-4-12(11)13/h1-4,10,13,15H,5-9H2,(H,16,17). The van der Waals surface area contributed by atoms with Crippen LogP contribution < -0.4 is 10.6 Å². The van der Waals surface area contributed by atoms with Crippen LogP contribution in [-0.4, -0.2) is 25.5 Å². The van der Waals surface area contributed by atoms with Crippen molar-refractivity contribution in [2.45, 2.75) is 18.8 Å². The molecule has 3 nitrogen and oxygen atoms in total. The van der Waals surface area contributed by atoms with E-state index >= 15 is 0 Å². The van der Waals surface area contributed by atoms with E-state index in [0.717, 1.165) is 26.1 Å². The van der Waals surface area contributed by atoms with Crippen molar-refractivity contribution in [3.63, 3.8) is 0 Å². The first-order valence-electron chi connectivity index (χ1n) is 6.41. The fraction of sp³-hybridized carbons (Fsp3) is 0.500. The summed E-state index contributed by atoms with van der Waals surface area (Å²) in [6.45, 7) is 2.96. The third-order valence-electron chi connectivity index (χ3n) is 3.90. The molecule has 0 radical (unpaired) electrons. The van der Waals surface area contributed by atoms with Crippen LogP contribution in [-0.2, 0) is 11.2 Å². The Labute approximate surface area is 102 Å². The zero-order valence-corrected chi connectivity index (χ0v) is 9.91. The van der Waals surface area contributed by atoms with Crippen LogP contribution in [0.2, 0.25) is 0 Å². The van der Waals surface area contributed by atoms with Gasteiger partial charge < -0.3 is 10.6 Å². The Morgan fingerprint density at radius 1 is 1.41 bits per heavy atom. The molecule has 1 heterocycles.